The van der Waals surface area contributed by atoms with Gasteiger partial charge in [-0.25, -0.2) is 0 Å². The molecule has 2 heterocycles. The van der Waals surface area contributed by atoms with E-state index >= 15 is 0 Å². The minimum absolute atomic E-state index is 0.386. The van der Waals surface area contributed by atoms with Crippen molar-refractivity contribution in [3.8, 4) is 11.5 Å². The highest BCUT2D eigenvalue weighted by atomic mass is 79.9. The molecule has 300 valence electrons. The summed E-state index contributed by atoms with van der Waals surface area (Å²) in [5, 5.41) is 32.9. The molecule has 0 saturated heterocycles. The quantitative estimate of drug-likeness (QED) is 0.0974. The fraction of sp³-hybridized carbons (Fsp3) is 0.217. The van der Waals surface area contributed by atoms with Gasteiger partial charge >= 0.3 is 0 Å². The maximum atomic E-state index is 10.8. The van der Waals surface area contributed by atoms with E-state index in [-0.39, 0.29) is 0 Å². The number of anilines is 2. The number of aromatic nitrogens is 2. The third-order valence-corrected chi connectivity index (χ3v) is 12.4. The topological polar surface area (TPSA) is 92.8 Å². The number of halogens is 4. The number of rotatable bonds is 12. The summed E-state index contributed by atoms with van der Waals surface area (Å²) in [6, 6.07) is 36.8. The Morgan fingerprint density at radius 1 is 0.534 bits per heavy atom. The molecular formula is C46H44Br4N4O4. The second-order valence-electron chi connectivity index (χ2n) is 14.3. The van der Waals surface area contributed by atoms with Crippen molar-refractivity contribution in [1.82, 2.24) is 9.13 Å². The maximum Gasteiger partial charge on any atom is 0.145 e. The van der Waals surface area contributed by atoms with E-state index in [0.29, 0.717) is 31.9 Å². The number of hydrogen-bond acceptors (Lipinski definition) is 6. The summed E-state index contributed by atoms with van der Waals surface area (Å²) in [6.45, 7) is 6.09. The van der Waals surface area contributed by atoms with Crippen molar-refractivity contribution < 1.29 is 19.7 Å². The fourth-order valence-corrected chi connectivity index (χ4v) is 8.83. The van der Waals surface area contributed by atoms with Gasteiger partial charge in [-0.05, 0) is 116 Å². The molecule has 0 radical (unpaired) electrons. The fourth-order valence-electron chi connectivity index (χ4n) is 7.38. The lowest BCUT2D eigenvalue weighted by molar-refractivity contribution is 0.169. The highest BCUT2D eigenvalue weighted by molar-refractivity contribution is 9.11. The molecule has 58 heavy (non-hydrogen) atoms. The standard InChI is InChI=1S/C23H22Br2N2O3.C23H22Br2N2O/c1-29-17-5-6-20(23(11-17)30-2)26-12-16(28)13-27-21-7-3-14(24)9-18(21)19-10-15(25)4-8-22(19)27;1-14-4-3-5-21(15(14)2)26-12-18(28)13-27-22-8-6-16(24)10-19(22)20-11-17(25)7-9-23(20)27/h3-11,16,26,28H,12-13H2,1-2H3;3-11,18,26,28H,12-13H2,1-2H3. The van der Waals surface area contributed by atoms with Crippen LogP contribution in [0.3, 0.4) is 0 Å². The van der Waals surface area contributed by atoms with Gasteiger partial charge in [-0.2, -0.15) is 0 Å². The molecule has 0 bridgehead atoms. The number of nitrogens with one attached hydrogen (secondary N) is 2. The molecule has 8 aromatic rings. The largest absolute Gasteiger partial charge is 0.497 e. The third kappa shape index (κ3) is 9.22. The number of nitrogens with zero attached hydrogens (tertiary/aromatic N) is 2. The molecule has 2 atom stereocenters. The van der Waals surface area contributed by atoms with E-state index < -0.39 is 12.2 Å². The lowest BCUT2D eigenvalue weighted by Crippen LogP contribution is -2.25. The lowest BCUT2D eigenvalue weighted by atomic mass is 10.1. The molecule has 4 N–H and O–H groups in total. The Balaban J connectivity index is 0.000000177. The van der Waals surface area contributed by atoms with Gasteiger partial charge in [0.1, 0.15) is 11.5 Å². The molecule has 0 saturated carbocycles. The van der Waals surface area contributed by atoms with Crippen LogP contribution >= 0.6 is 63.7 Å². The molecule has 2 aromatic heterocycles. The van der Waals surface area contributed by atoms with Gasteiger partial charge in [0.2, 0.25) is 0 Å². The Bertz CT molecular complexity index is 2630. The molecule has 2 unspecified atom stereocenters. The van der Waals surface area contributed by atoms with Crippen LogP contribution in [-0.4, -0.2) is 58.9 Å². The second-order valence-corrected chi connectivity index (χ2v) is 17.9. The first kappa shape index (κ1) is 42.1. The van der Waals surface area contributed by atoms with E-state index in [0.717, 1.165) is 67.9 Å². The van der Waals surface area contributed by atoms with Gasteiger partial charge in [-0.1, -0.05) is 75.9 Å². The number of benzene rings is 6. The first-order valence-electron chi connectivity index (χ1n) is 18.8. The van der Waals surface area contributed by atoms with Gasteiger partial charge < -0.3 is 39.5 Å². The summed E-state index contributed by atoms with van der Waals surface area (Å²) in [5.74, 6) is 1.40. The zero-order valence-electron chi connectivity index (χ0n) is 32.5. The first-order chi connectivity index (χ1) is 27.9. The van der Waals surface area contributed by atoms with Crippen molar-refractivity contribution in [3.63, 3.8) is 0 Å². The molecule has 0 aliphatic carbocycles. The number of aryl methyl sites for hydroxylation is 1. The Hall–Kier alpha value is -4.04. The molecule has 0 fully saturated rings. The highest BCUT2D eigenvalue weighted by Crippen LogP contribution is 2.35. The van der Waals surface area contributed by atoms with Crippen molar-refractivity contribution >= 4 is 119 Å². The van der Waals surface area contributed by atoms with E-state index in [1.165, 1.54) is 21.9 Å². The van der Waals surface area contributed by atoms with Crippen molar-refractivity contribution in [3.05, 3.63) is 138 Å². The van der Waals surface area contributed by atoms with E-state index in [4.69, 9.17) is 9.47 Å². The van der Waals surface area contributed by atoms with Gasteiger partial charge in [0.15, 0.2) is 0 Å². The van der Waals surface area contributed by atoms with Crippen LogP contribution in [0.5, 0.6) is 11.5 Å². The summed E-state index contributed by atoms with van der Waals surface area (Å²) in [4.78, 5) is 0. The number of methoxy groups -OCH3 is 2. The predicted molar refractivity (Wildman–Crippen MR) is 254 cm³/mol. The van der Waals surface area contributed by atoms with Gasteiger partial charge in [0.05, 0.1) is 45.2 Å². The van der Waals surface area contributed by atoms with Crippen LogP contribution in [-0.2, 0) is 13.1 Å². The summed E-state index contributed by atoms with van der Waals surface area (Å²) in [7, 11) is 3.24. The molecule has 12 heteroatoms. The highest BCUT2D eigenvalue weighted by Gasteiger charge is 2.17. The van der Waals surface area contributed by atoms with Crippen LogP contribution in [0.4, 0.5) is 11.4 Å². The van der Waals surface area contributed by atoms with Gasteiger partial charge in [0, 0.05) is 86.3 Å². The van der Waals surface area contributed by atoms with E-state index in [1.54, 1.807) is 14.2 Å². The average molecular weight is 1040 g/mol. The van der Waals surface area contributed by atoms with Crippen molar-refractivity contribution in [2.24, 2.45) is 0 Å². The molecule has 6 aromatic carbocycles. The van der Waals surface area contributed by atoms with E-state index in [2.05, 4.69) is 158 Å². The van der Waals surface area contributed by atoms with E-state index in [9.17, 15) is 10.2 Å². The van der Waals surface area contributed by atoms with Crippen molar-refractivity contribution in [2.45, 2.75) is 39.1 Å². The average Bonchev–Trinajstić information content (AvgIpc) is 3.67. The minimum Gasteiger partial charge on any atom is -0.497 e. The molecule has 8 rings (SSSR count). The third-order valence-electron chi connectivity index (χ3n) is 10.4. The summed E-state index contributed by atoms with van der Waals surface area (Å²) < 4.78 is 19.2. The van der Waals surface area contributed by atoms with Crippen LogP contribution in [0.15, 0.2) is 127 Å². The molecular weight excluding hydrogens is 992 g/mol. The number of aliphatic hydroxyl groups excluding tert-OH is 2. The number of hydrogen-bond donors (Lipinski definition) is 4. The van der Waals surface area contributed by atoms with Crippen LogP contribution in [0.25, 0.3) is 43.6 Å². The number of aliphatic hydroxyl groups is 2. The number of ether oxygens (including phenoxy) is 2. The van der Waals surface area contributed by atoms with Crippen LogP contribution in [0, 0.1) is 13.8 Å². The molecule has 0 spiro atoms. The Morgan fingerprint density at radius 2 is 0.966 bits per heavy atom. The summed E-state index contributed by atoms with van der Waals surface area (Å²) in [6.07, 6.45) is -1.10. The van der Waals surface area contributed by atoms with Crippen molar-refractivity contribution in [1.29, 1.82) is 0 Å². The zero-order valence-corrected chi connectivity index (χ0v) is 38.8. The molecule has 0 aliphatic rings. The Kier molecular flexibility index (Phi) is 13.4. The first-order valence-corrected chi connectivity index (χ1v) is 22.0. The normalized spacial score (nSPS) is 12.4. The van der Waals surface area contributed by atoms with Crippen LogP contribution in [0.1, 0.15) is 11.1 Å². The SMILES string of the molecule is COc1ccc(NCC(O)Cn2c3ccc(Br)cc3c3cc(Br)ccc32)c(OC)c1.Cc1cccc(NCC(O)Cn2c3ccc(Br)cc3c3cc(Br)ccc32)c1C. The molecule has 0 aliphatic heterocycles. The summed E-state index contributed by atoms with van der Waals surface area (Å²) in [5.41, 5.74) is 8.80. The molecule has 0 amide bonds. The molecule has 8 nitrogen and oxygen atoms in total. The van der Waals surface area contributed by atoms with E-state index in [1.807, 2.05) is 48.5 Å². The monoisotopic (exact) mass is 1030 g/mol. The van der Waals surface area contributed by atoms with Gasteiger partial charge in [-0.15, -0.1) is 0 Å². The Labute approximate surface area is 371 Å². The van der Waals surface area contributed by atoms with Crippen LogP contribution in [0.2, 0.25) is 0 Å². The zero-order chi connectivity index (χ0) is 41.1. The Morgan fingerprint density at radius 3 is 1.38 bits per heavy atom. The number of fused-ring (bicyclic) bond motifs is 6. The maximum absolute atomic E-state index is 10.8. The smallest absolute Gasteiger partial charge is 0.145 e. The van der Waals surface area contributed by atoms with Crippen molar-refractivity contribution in [2.75, 3.05) is 37.9 Å². The predicted octanol–water partition coefficient (Wildman–Crippen LogP) is 12.2. The lowest BCUT2D eigenvalue weighted by Gasteiger charge is -2.17. The minimum atomic E-state index is -0.595. The van der Waals surface area contributed by atoms with Gasteiger partial charge in [-0.3, -0.25) is 0 Å². The van der Waals surface area contributed by atoms with Gasteiger partial charge in [0.25, 0.3) is 0 Å². The summed E-state index contributed by atoms with van der Waals surface area (Å²) >= 11 is 14.3. The van der Waals surface area contributed by atoms with Crippen LogP contribution < -0.4 is 20.1 Å². The second kappa shape index (κ2) is 18.5.